The van der Waals surface area contributed by atoms with Crippen molar-refractivity contribution in [3.05, 3.63) is 33.1 Å². The first-order chi connectivity index (χ1) is 8.04. The Bertz CT molecular complexity index is 509. The lowest BCUT2D eigenvalue weighted by molar-refractivity contribution is -0.0550. The molecular weight excluding hydrogens is 234 g/mol. The topological polar surface area (TPSA) is 125 Å². The van der Waals surface area contributed by atoms with E-state index in [2.05, 4.69) is 0 Å². The monoisotopic (exact) mass is 246 g/mol. The van der Waals surface area contributed by atoms with E-state index in [0.717, 1.165) is 16.8 Å². The van der Waals surface area contributed by atoms with Gasteiger partial charge in [-0.05, 0) is 0 Å². The second-order valence-corrected chi connectivity index (χ2v) is 3.75. The first kappa shape index (κ1) is 12.0. The third kappa shape index (κ3) is 2.03. The number of aliphatic hydroxyl groups excluding tert-OH is 3. The lowest BCUT2D eigenvalue weighted by atomic mass is 10.1. The Morgan fingerprint density at radius 2 is 2.06 bits per heavy atom. The van der Waals surface area contributed by atoms with Crippen molar-refractivity contribution in [3.8, 4) is 0 Å². The van der Waals surface area contributed by atoms with Crippen LogP contribution in [0.4, 0.5) is 0 Å². The van der Waals surface area contributed by atoms with E-state index in [-0.39, 0.29) is 0 Å². The summed E-state index contributed by atoms with van der Waals surface area (Å²) in [6, 6.07) is 1.09. The van der Waals surface area contributed by atoms with E-state index in [1.807, 2.05) is 4.98 Å². The molecule has 8 nitrogen and oxygen atoms in total. The van der Waals surface area contributed by atoms with Gasteiger partial charge in [-0.15, -0.1) is 0 Å². The summed E-state index contributed by atoms with van der Waals surface area (Å²) in [5.74, 6) is 0. The van der Waals surface area contributed by atoms with Crippen LogP contribution in [-0.2, 0) is 4.74 Å². The first-order valence-corrected chi connectivity index (χ1v) is 4.98. The molecule has 0 saturated carbocycles. The molecule has 17 heavy (non-hydrogen) atoms. The van der Waals surface area contributed by atoms with E-state index in [4.69, 9.17) is 9.84 Å². The fourth-order valence-electron chi connectivity index (χ4n) is 1.74. The first-order valence-electron chi connectivity index (χ1n) is 4.98. The minimum Gasteiger partial charge on any atom is -0.394 e. The number of aromatic nitrogens is 2. The number of hydrogen-bond acceptors (Lipinski definition) is 6. The van der Waals surface area contributed by atoms with Gasteiger partial charge in [-0.2, -0.15) is 0 Å². The van der Waals surface area contributed by atoms with Crippen LogP contribution < -0.4 is 11.2 Å². The maximum absolute atomic E-state index is 11.4. The molecule has 1 aliphatic heterocycles. The minimum absolute atomic E-state index is 0.479. The van der Waals surface area contributed by atoms with E-state index in [1.165, 1.54) is 0 Å². The molecule has 1 saturated heterocycles. The Morgan fingerprint density at radius 1 is 1.35 bits per heavy atom. The highest BCUT2D eigenvalue weighted by Gasteiger charge is 2.43. The Morgan fingerprint density at radius 3 is 2.59 bits per heavy atom. The number of ether oxygens (including phenoxy) is 1. The van der Waals surface area contributed by atoms with Gasteiger partial charge in [-0.3, -0.25) is 14.3 Å². The van der Waals surface area contributed by atoms with Gasteiger partial charge in [0.2, 0.25) is 0 Å². The Labute approximate surface area is 94.7 Å². The molecule has 1 fully saturated rings. The van der Waals surface area contributed by atoms with Crippen molar-refractivity contribution >= 4 is 0 Å². The van der Waals surface area contributed by atoms with E-state index in [9.17, 15) is 19.8 Å². The zero-order chi connectivity index (χ0) is 12.6. The van der Waals surface area contributed by atoms with Gasteiger partial charge >= 0.3 is 5.69 Å². The number of hydrogen-bond donors (Lipinski definition) is 4. The largest absolute Gasteiger partial charge is 0.394 e. The standard InChI is InChI=1S/C9H12N2O6/c12-3-4-6(14)7(15)8(17-4)11-2-1-5(13)10-9(11)16/h1-2,4,6-8,12,14-15H,3H2,(H,10,13,16)/t4-,6?,7+,8-/m1/s1/i10+1,11+1. The summed E-state index contributed by atoms with van der Waals surface area (Å²) >= 11 is 0. The van der Waals surface area contributed by atoms with Crippen molar-refractivity contribution in [2.45, 2.75) is 24.5 Å². The smallest absolute Gasteiger partial charge is 0.330 e. The third-order valence-electron chi connectivity index (χ3n) is 2.64. The molecule has 2 heterocycles. The molecule has 1 aromatic rings. The highest BCUT2D eigenvalue weighted by molar-refractivity contribution is 4.92. The highest BCUT2D eigenvalue weighted by Crippen LogP contribution is 2.27. The van der Waals surface area contributed by atoms with Gasteiger partial charge in [0.05, 0.1) is 6.61 Å². The summed E-state index contributed by atoms with van der Waals surface area (Å²) in [6.45, 7) is -0.479. The zero-order valence-corrected chi connectivity index (χ0v) is 8.68. The van der Waals surface area contributed by atoms with E-state index in [1.54, 1.807) is 0 Å². The number of nitrogens with one attached hydrogen (secondary N) is 1. The second-order valence-electron chi connectivity index (χ2n) is 3.75. The molecule has 2 rings (SSSR count). The molecule has 0 amide bonds. The van der Waals surface area contributed by atoms with Crippen LogP contribution in [0.3, 0.4) is 0 Å². The number of aromatic amines is 1. The summed E-state index contributed by atoms with van der Waals surface area (Å²) < 4.78 is 6.08. The Kier molecular flexibility index (Phi) is 3.11. The second kappa shape index (κ2) is 4.41. The molecule has 8 heteroatoms. The van der Waals surface area contributed by atoms with E-state index < -0.39 is 42.4 Å². The molecule has 0 radical (unpaired) electrons. The molecule has 0 aliphatic carbocycles. The normalized spacial score (nSPS) is 32.9. The average molecular weight is 246 g/mol. The van der Waals surface area contributed by atoms with Gasteiger partial charge in [0.25, 0.3) is 5.56 Å². The van der Waals surface area contributed by atoms with Crippen LogP contribution in [0.15, 0.2) is 21.9 Å². The molecule has 1 unspecified atom stereocenters. The van der Waals surface area contributed by atoms with Crippen LogP contribution in [-0.4, -0.2) is 49.8 Å². The fraction of sp³-hybridized carbons (Fsp3) is 0.556. The molecule has 0 aromatic carbocycles. The predicted molar refractivity (Wildman–Crippen MR) is 54.3 cm³/mol. The van der Waals surface area contributed by atoms with Crippen molar-refractivity contribution in [1.82, 2.24) is 9.55 Å². The van der Waals surface area contributed by atoms with Crippen molar-refractivity contribution in [2.75, 3.05) is 6.61 Å². The molecule has 4 N–H and O–H groups in total. The SMILES string of the molecule is O=c1cc[15n]([C@@H]2O[C@H](CO)C(O)[C@@H]2O)c(=O)[15nH]1. The van der Waals surface area contributed by atoms with Gasteiger partial charge in [0.15, 0.2) is 6.23 Å². The van der Waals surface area contributed by atoms with E-state index >= 15 is 0 Å². The summed E-state index contributed by atoms with van der Waals surface area (Å²) in [5, 5.41) is 28.1. The van der Waals surface area contributed by atoms with Crippen LogP contribution in [0.25, 0.3) is 0 Å². The lowest BCUT2D eigenvalue weighted by Crippen LogP contribution is -2.37. The highest BCUT2D eigenvalue weighted by atomic mass is 16.6. The third-order valence-corrected chi connectivity index (χ3v) is 2.64. The summed E-state index contributed by atoms with van der Waals surface area (Å²) in [5.41, 5.74) is -1.33. The van der Waals surface area contributed by atoms with Crippen molar-refractivity contribution in [2.24, 2.45) is 0 Å². The minimum atomic E-state index is -1.35. The molecule has 4 atom stereocenters. The van der Waals surface area contributed by atoms with Crippen LogP contribution in [0, 0.1) is 0 Å². The molecular formula is C9H12N2O6. The zero-order valence-electron chi connectivity index (χ0n) is 8.68. The quantitative estimate of drug-likeness (QED) is 0.445. The van der Waals surface area contributed by atoms with Crippen molar-refractivity contribution in [1.29, 1.82) is 0 Å². The molecule has 94 valence electrons. The number of nitrogens with zero attached hydrogens (tertiary/aromatic N) is 1. The molecule has 1 aromatic heterocycles. The Hall–Kier alpha value is -1.48. The van der Waals surface area contributed by atoms with Crippen molar-refractivity contribution < 1.29 is 20.1 Å². The molecule has 1 aliphatic rings. The number of rotatable bonds is 2. The summed E-state index contributed by atoms with van der Waals surface area (Å²) in [7, 11) is 0. The Balaban J connectivity index is 2.35. The maximum Gasteiger partial charge on any atom is 0.330 e. The van der Waals surface area contributed by atoms with Crippen LogP contribution in [0.5, 0.6) is 0 Å². The summed E-state index contributed by atoms with van der Waals surface area (Å²) in [4.78, 5) is 24.3. The lowest BCUT2D eigenvalue weighted by Gasteiger charge is -2.16. The number of H-pyrrole nitrogens is 1. The van der Waals surface area contributed by atoms with Gasteiger partial charge < -0.3 is 20.1 Å². The predicted octanol–water partition coefficient (Wildman–Crippen LogP) is -2.85. The van der Waals surface area contributed by atoms with Crippen LogP contribution >= 0.6 is 0 Å². The van der Waals surface area contributed by atoms with Gasteiger partial charge in [0.1, 0.15) is 18.3 Å². The summed E-state index contributed by atoms with van der Waals surface area (Å²) in [6.07, 6.45) is -3.58. The van der Waals surface area contributed by atoms with Crippen LogP contribution in [0.2, 0.25) is 0 Å². The molecule has 0 bridgehead atoms. The molecule has 0 spiro atoms. The van der Waals surface area contributed by atoms with Gasteiger partial charge in [-0.1, -0.05) is 0 Å². The van der Waals surface area contributed by atoms with Crippen LogP contribution in [0.1, 0.15) is 6.23 Å². The van der Waals surface area contributed by atoms with Gasteiger partial charge in [-0.25, -0.2) is 4.79 Å². The fourth-order valence-corrected chi connectivity index (χ4v) is 1.74. The van der Waals surface area contributed by atoms with Gasteiger partial charge in [0, 0.05) is 12.3 Å². The van der Waals surface area contributed by atoms with Crippen molar-refractivity contribution in [3.63, 3.8) is 0 Å². The van der Waals surface area contributed by atoms with E-state index in [0.29, 0.717) is 0 Å². The maximum atomic E-state index is 11.4. The number of aliphatic hydroxyl groups is 3. The average Bonchev–Trinajstić information content (AvgIpc) is 2.57.